The summed E-state index contributed by atoms with van der Waals surface area (Å²) in [6, 6.07) is 0. The Hall–Kier alpha value is -1.17. The minimum atomic E-state index is -2.75. The smallest absolute Gasteiger partial charge is 0.345 e. The fraction of sp³-hybridized carbons (Fsp3) is 0.625. The molecule has 0 spiro atoms. The van der Waals surface area contributed by atoms with Gasteiger partial charge in [-0.3, -0.25) is 4.68 Å². The molecule has 0 bridgehead atoms. The van der Waals surface area contributed by atoms with E-state index in [1.165, 1.54) is 4.68 Å². The van der Waals surface area contributed by atoms with E-state index in [4.69, 9.17) is 5.73 Å². The zero-order valence-electron chi connectivity index (χ0n) is 8.08. The van der Waals surface area contributed by atoms with Crippen molar-refractivity contribution in [1.82, 2.24) is 9.78 Å². The van der Waals surface area contributed by atoms with E-state index in [1.807, 2.05) is 0 Å². The van der Waals surface area contributed by atoms with E-state index in [0.717, 1.165) is 0 Å². The Balaban J connectivity index is 2.51. The first kappa shape index (κ1) is 10.9. The molecule has 6 heteroatoms. The lowest BCUT2D eigenvalue weighted by Gasteiger charge is -2.11. The zero-order chi connectivity index (χ0) is 10.7. The molecule has 2 N–H and O–H groups in total. The second kappa shape index (κ2) is 4.36. The van der Waals surface area contributed by atoms with Crippen molar-refractivity contribution in [2.24, 2.45) is 0 Å². The van der Waals surface area contributed by atoms with Gasteiger partial charge in [0.15, 0.2) is 0 Å². The molecule has 0 aliphatic carbocycles. The molecule has 0 saturated carbocycles. The topological polar surface area (TPSA) is 53.1 Å². The number of halogens is 2. The van der Waals surface area contributed by atoms with Crippen LogP contribution in [0.2, 0.25) is 0 Å². The first-order chi connectivity index (χ1) is 6.49. The summed E-state index contributed by atoms with van der Waals surface area (Å²) >= 11 is 0. The largest absolute Gasteiger partial charge is 0.396 e. The number of nitrogens with zero attached hydrogens (tertiary/aromatic N) is 2. The number of hydrogen-bond donors (Lipinski definition) is 1. The van der Waals surface area contributed by atoms with Crippen molar-refractivity contribution in [3.63, 3.8) is 0 Å². The number of rotatable bonds is 4. The monoisotopic (exact) mass is 205 g/mol. The van der Waals surface area contributed by atoms with Crippen LogP contribution in [0.4, 0.5) is 14.5 Å². The Bertz CT molecular complexity index is 281. The van der Waals surface area contributed by atoms with Crippen molar-refractivity contribution in [2.45, 2.75) is 33.1 Å². The highest BCUT2D eigenvalue weighted by Crippen LogP contribution is 2.09. The third-order valence-corrected chi connectivity index (χ3v) is 1.76. The molecule has 0 aromatic carbocycles. The van der Waals surface area contributed by atoms with Crippen LogP contribution in [-0.2, 0) is 11.3 Å². The zero-order valence-corrected chi connectivity index (χ0v) is 8.08. The SMILES string of the molecule is Cc1nn(C[C@@H](C)OC(F)F)cc1N. The molecule has 4 nitrogen and oxygen atoms in total. The van der Waals surface area contributed by atoms with Crippen molar-refractivity contribution in [3.8, 4) is 0 Å². The van der Waals surface area contributed by atoms with E-state index < -0.39 is 12.7 Å². The van der Waals surface area contributed by atoms with Gasteiger partial charge in [0, 0.05) is 6.20 Å². The van der Waals surface area contributed by atoms with Gasteiger partial charge in [-0.25, -0.2) is 0 Å². The second-order valence-corrected chi connectivity index (χ2v) is 3.10. The maximum absolute atomic E-state index is 11.8. The maximum Gasteiger partial charge on any atom is 0.345 e. The average molecular weight is 205 g/mol. The van der Waals surface area contributed by atoms with Gasteiger partial charge in [0.2, 0.25) is 0 Å². The average Bonchev–Trinajstić information content (AvgIpc) is 2.28. The Labute approximate surface area is 80.6 Å². The molecule has 0 unspecified atom stereocenters. The summed E-state index contributed by atoms with van der Waals surface area (Å²) in [5.74, 6) is 0. The molecule has 1 rings (SSSR count). The van der Waals surface area contributed by atoms with Gasteiger partial charge in [-0.2, -0.15) is 13.9 Å². The van der Waals surface area contributed by atoms with Crippen LogP contribution in [0.25, 0.3) is 0 Å². The number of ether oxygens (including phenoxy) is 1. The van der Waals surface area contributed by atoms with E-state index in [1.54, 1.807) is 20.0 Å². The quantitative estimate of drug-likeness (QED) is 0.808. The first-order valence-electron chi connectivity index (χ1n) is 4.22. The van der Waals surface area contributed by atoms with Crippen LogP contribution >= 0.6 is 0 Å². The van der Waals surface area contributed by atoms with Crippen LogP contribution in [0, 0.1) is 6.92 Å². The predicted molar refractivity (Wildman–Crippen MR) is 47.9 cm³/mol. The lowest BCUT2D eigenvalue weighted by Crippen LogP contribution is -2.19. The van der Waals surface area contributed by atoms with Gasteiger partial charge in [0.25, 0.3) is 0 Å². The van der Waals surface area contributed by atoms with Crippen molar-refractivity contribution in [3.05, 3.63) is 11.9 Å². The first-order valence-corrected chi connectivity index (χ1v) is 4.22. The predicted octanol–water partition coefficient (Wildman–Crippen LogP) is 1.40. The Morgan fingerprint density at radius 2 is 2.29 bits per heavy atom. The minimum Gasteiger partial charge on any atom is -0.396 e. The maximum atomic E-state index is 11.8. The van der Waals surface area contributed by atoms with Crippen LogP contribution in [0.15, 0.2) is 6.20 Å². The standard InChI is InChI=1S/C8H13F2N3O/c1-5(14-8(9)10)3-13-4-7(11)6(2)12-13/h4-5,8H,3,11H2,1-2H3/t5-/m1/s1. The molecule has 0 aliphatic heterocycles. The molecule has 1 atom stereocenters. The van der Waals surface area contributed by atoms with Crippen molar-refractivity contribution in [1.29, 1.82) is 0 Å². The van der Waals surface area contributed by atoms with Crippen LogP contribution in [0.5, 0.6) is 0 Å². The van der Waals surface area contributed by atoms with Gasteiger partial charge in [0.05, 0.1) is 24.0 Å². The Morgan fingerprint density at radius 3 is 2.71 bits per heavy atom. The Kier molecular flexibility index (Phi) is 3.40. The summed E-state index contributed by atoms with van der Waals surface area (Å²) in [4.78, 5) is 0. The fourth-order valence-corrected chi connectivity index (χ4v) is 1.11. The Morgan fingerprint density at radius 1 is 1.64 bits per heavy atom. The lowest BCUT2D eigenvalue weighted by molar-refractivity contribution is -0.161. The molecule has 80 valence electrons. The van der Waals surface area contributed by atoms with E-state index in [9.17, 15) is 8.78 Å². The summed E-state index contributed by atoms with van der Waals surface area (Å²) < 4.78 is 29.4. The summed E-state index contributed by atoms with van der Waals surface area (Å²) in [7, 11) is 0. The normalized spacial score (nSPS) is 13.5. The van der Waals surface area contributed by atoms with Crippen LogP contribution < -0.4 is 5.73 Å². The summed E-state index contributed by atoms with van der Waals surface area (Å²) in [5, 5.41) is 4.02. The second-order valence-electron chi connectivity index (χ2n) is 3.10. The highest BCUT2D eigenvalue weighted by molar-refractivity contribution is 5.39. The van der Waals surface area contributed by atoms with E-state index in [2.05, 4.69) is 9.84 Å². The third kappa shape index (κ3) is 2.95. The molecular weight excluding hydrogens is 192 g/mol. The molecule has 0 saturated heterocycles. The molecule has 14 heavy (non-hydrogen) atoms. The molecule has 1 aromatic rings. The van der Waals surface area contributed by atoms with Gasteiger partial charge in [-0.15, -0.1) is 0 Å². The molecule has 1 aromatic heterocycles. The molecule has 0 radical (unpaired) electrons. The number of aryl methyl sites for hydroxylation is 1. The van der Waals surface area contributed by atoms with E-state index >= 15 is 0 Å². The number of hydrogen-bond acceptors (Lipinski definition) is 3. The van der Waals surface area contributed by atoms with Crippen molar-refractivity contribution < 1.29 is 13.5 Å². The van der Waals surface area contributed by atoms with Crippen molar-refractivity contribution >= 4 is 5.69 Å². The van der Waals surface area contributed by atoms with Gasteiger partial charge in [-0.1, -0.05) is 0 Å². The lowest BCUT2D eigenvalue weighted by atomic mass is 10.4. The van der Waals surface area contributed by atoms with Gasteiger partial charge >= 0.3 is 6.61 Å². The third-order valence-electron chi connectivity index (χ3n) is 1.76. The minimum absolute atomic E-state index is 0.266. The van der Waals surface area contributed by atoms with Crippen LogP contribution in [0.1, 0.15) is 12.6 Å². The van der Waals surface area contributed by atoms with Crippen molar-refractivity contribution in [2.75, 3.05) is 5.73 Å². The van der Waals surface area contributed by atoms with Gasteiger partial charge in [-0.05, 0) is 13.8 Å². The highest BCUT2D eigenvalue weighted by atomic mass is 19.3. The number of nitrogens with two attached hydrogens (primary N) is 1. The summed E-state index contributed by atoms with van der Waals surface area (Å²) in [6.45, 7) is 0.825. The summed E-state index contributed by atoms with van der Waals surface area (Å²) in [5.41, 5.74) is 6.78. The molecule has 0 aliphatic rings. The van der Waals surface area contributed by atoms with E-state index in [0.29, 0.717) is 11.4 Å². The number of alkyl halides is 2. The van der Waals surface area contributed by atoms with Crippen LogP contribution in [-0.4, -0.2) is 22.5 Å². The molecule has 0 amide bonds. The number of anilines is 1. The molecular formula is C8H13F2N3O. The molecule has 1 heterocycles. The van der Waals surface area contributed by atoms with E-state index in [-0.39, 0.29) is 6.54 Å². The molecule has 0 fully saturated rings. The fourth-order valence-electron chi connectivity index (χ4n) is 1.11. The van der Waals surface area contributed by atoms with Gasteiger partial charge < -0.3 is 10.5 Å². The number of aromatic nitrogens is 2. The number of nitrogen functional groups attached to an aromatic ring is 1. The van der Waals surface area contributed by atoms with Gasteiger partial charge in [0.1, 0.15) is 0 Å². The summed E-state index contributed by atoms with van der Waals surface area (Å²) in [6.07, 6.45) is 1.01. The van der Waals surface area contributed by atoms with Crippen LogP contribution in [0.3, 0.4) is 0 Å². The highest BCUT2D eigenvalue weighted by Gasteiger charge is 2.11.